The Morgan fingerprint density at radius 3 is 2.40 bits per heavy atom. The number of nitrogens with zero attached hydrogens (tertiary/aromatic N) is 2. The molecule has 5 nitrogen and oxygen atoms in total. The topological polar surface area (TPSA) is 59.1 Å². The first kappa shape index (κ1) is 16.3. The summed E-state index contributed by atoms with van der Waals surface area (Å²) in [4.78, 5) is 7.42. The summed E-state index contributed by atoms with van der Waals surface area (Å²) in [6, 6.07) is 8.11. The zero-order valence-electron chi connectivity index (χ0n) is 13.3. The van der Waals surface area contributed by atoms with Crippen molar-refractivity contribution in [2.45, 2.75) is 30.7 Å². The Morgan fingerprint density at radius 1 is 1.16 bits per heavy atom. The predicted octanol–water partition coefficient (Wildman–Crippen LogP) is 3.22. The largest absolute Gasteiger partial charge is 0.419 e. The number of aromatic nitrogens is 2. The Morgan fingerprint density at radius 2 is 1.88 bits per heavy atom. The molecule has 5 rings (SSSR count). The summed E-state index contributed by atoms with van der Waals surface area (Å²) in [5, 5.41) is 6.38. The zero-order valence-corrected chi connectivity index (χ0v) is 13.3. The smallest absolute Gasteiger partial charge is 0.367 e. The molecule has 3 saturated heterocycles. The van der Waals surface area contributed by atoms with Crippen molar-refractivity contribution >= 4 is 11.6 Å². The minimum atomic E-state index is -4.44. The third-order valence-electron chi connectivity index (χ3n) is 4.78. The molecule has 0 radical (unpaired) electrons. The molecule has 8 heteroatoms. The lowest BCUT2D eigenvalue weighted by Gasteiger charge is -2.47. The molecule has 0 aliphatic carbocycles. The number of hydrogen-bond acceptors (Lipinski definition) is 5. The van der Waals surface area contributed by atoms with Crippen molar-refractivity contribution in [3.63, 3.8) is 0 Å². The minimum absolute atomic E-state index is 0.120. The van der Waals surface area contributed by atoms with Crippen molar-refractivity contribution in [2.75, 3.05) is 18.5 Å². The van der Waals surface area contributed by atoms with E-state index in [1.165, 1.54) is 0 Å². The summed E-state index contributed by atoms with van der Waals surface area (Å²) in [5.41, 5.74) is 0.650. The van der Waals surface area contributed by atoms with E-state index in [1.54, 1.807) is 0 Å². The fourth-order valence-corrected chi connectivity index (χ4v) is 3.29. The first-order chi connectivity index (χ1) is 11.9. The minimum Gasteiger partial charge on any atom is -0.367 e. The van der Waals surface area contributed by atoms with E-state index < -0.39 is 11.7 Å². The van der Waals surface area contributed by atoms with Gasteiger partial charge in [0.2, 0.25) is 5.95 Å². The van der Waals surface area contributed by atoms with Crippen LogP contribution in [0.2, 0.25) is 0 Å². The van der Waals surface area contributed by atoms with Gasteiger partial charge in [-0.3, -0.25) is 0 Å². The molecule has 2 atom stereocenters. The van der Waals surface area contributed by atoms with Crippen LogP contribution in [0.4, 0.5) is 24.8 Å². The van der Waals surface area contributed by atoms with Crippen molar-refractivity contribution in [3.05, 3.63) is 47.8 Å². The van der Waals surface area contributed by atoms with Crippen LogP contribution in [0.1, 0.15) is 24.0 Å². The van der Waals surface area contributed by atoms with Crippen molar-refractivity contribution in [1.82, 2.24) is 15.3 Å². The Balaban J connectivity index is 1.47. The molecule has 0 saturated carbocycles. The summed E-state index contributed by atoms with van der Waals surface area (Å²) in [5.74, 6) is 0.120. The zero-order chi connectivity index (χ0) is 17.5. The summed E-state index contributed by atoms with van der Waals surface area (Å²) in [6.07, 6.45) is -0.823. The van der Waals surface area contributed by atoms with Crippen molar-refractivity contribution < 1.29 is 17.9 Å². The number of benzene rings is 1. The lowest BCUT2D eigenvalue weighted by Crippen LogP contribution is -2.57. The van der Waals surface area contributed by atoms with Crippen molar-refractivity contribution in [2.24, 2.45) is 0 Å². The number of nitrogens with one attached hydrogen (secondary N) is 2. The molecule has 3 aliphatic rings. The number of piperidine rings is 1. The molecule has 0 spiro atoms. The Kier molecular flexibility index (Phi) is 3.88. The second kappa shape index (κ2) is 5.96. The number of ether oxygens (including phenoxy) is 1. The average molecular weight is 350 g/mol. The van der Waals surface area contributed by atoms with Gasteiger partial charge in [0.15, 0.2) is 0 Å². The average Bonchev–Trinajstić information content (AvgIpc) is 2.63. The fraction of sp³-hybridized carbons (Fsp3) is 0.412. The van der Waals surface area contributed by atoms with E-state index in [0.717, 1.165) is 44.0 Å². The number of anilines is 2. The lowest BCUT2D eigenvalue weighted by atomic mass is 9.81. The van der Waals surface area contributed by atoms with Gasteiger partial charge in [-0.15, -0.1) is 0 Å². The Hall–Kier alpha value is -2.19. The third-order valence-corrected chi connectivity index (χ3v) is 4.78. The number of alkyl halides is 3. The molecule has 132 valence electrons. The van der Waals surface area contributed by atoms with Crippen LogP contribution in [0.25, 0.3) is 0 Å². The maximum atomic E-state index is 12.5. The molecular formula is C17H17F3N4O. The maximum absolute atomic E-state index is 12.5. The van der Waals surface area contributed by atoms with Crippen LogP contribution in [0.3, 0.4) is 0 Å². The van der Waals surface area contributed by atoms with Crippen LogP contribution < -0.4 is 10.6 Å². The third kappa shape index (κ3) is 3.19. The second-order valence-electron chi connectivity index (χ2n) is 6.42. The van der Waals surface area contributed by atoms with Gasteiger partial charge in [0.05, 0.1) is 12.2 Å². The Labute approximate surface area is 142 Å². The SMILES string of the molecule is FC(F)(F)c1cnc(Nc2ccc(C34CCC(CO3)NC4)cc2)nc1. The van der Waals surface area contributed by atoms with E-state index in [-0.39, 0.29) is 11.5 Å². The summed E-state index contributed by atoms with van der Waals surface area (Å²) >= 11 is 0. The van der Waals surface area contributed by atoms with Crippen LogP contribution in [-0.4, -0.2) is 29.2 Å². The second-order valence-corrected chi connectivity index (χ2v) is 6.42. The van der Waals surface area contributed by atoms with Crippen molar-refractivity contribution in [3.8, 4) is 0 Å². The summed E-state index contributed by atoms with van der Waals surface area (Å²) in [6.45, 7) is 1.52. The van der Waals surface area contributed by atoms with E-state index >= 15 is 0 Å². The number of rotatable bonds is 3. The van der Waals surface area contributed by atoms with Gasteiger partial charge in [-0.2, -0.15) is 13.2 Å². The molecule has 2 unspecified atom stereocenters. The maximum Gasteiger partial charge on any atom is 0.419 e. The molecule has 2 N–H and O–H groups in total. The lowest BCUT2D eigenvalue weighted by molar-refractivity contribution is -0.138. The van der Waals surface area contributed by atoms with Gasteiger partial charge < -0.3 is 15.4 Å². The van der Waals surface area contributed by atoms with Crippen LogP contribution in [0.15, 0.2) is 36.7 Å². The predicted molar refractivity (Wildman–Crippen MR) is 85.4 cm³/mol. The van der Waals surface area contributed by atoms with Gasteiger partial charge in [-0.1, -0.05) is 12.1 Å². The molecule has 1 aromatic carbocycles. The van der Waals surface area contributed by atoms with Crippen LogP contribution >= 0.6 is 0 Å². The number of fused-ring (bicyclic) bond motifs is 3. The first-order valence-electron chi connectivity index (χ1n) is 8.09. The van der Waals surface area contributed by atoms with Crippen molar-refractivity contribution in [1.29, 1.82) is 0 Å². The van der Waals surface area contributed by atoms with Gasteiger partial charge in [0.1, 0.15) is 5.60 Å². The number of hydrogen-bond donors (Lipinski definition) is 2. The molecule has 1 aromatic heterocycles. The summed E-state index contributed by atoms with van der Waals surface area (Å²) in [7, 11) is 0. The van der Waals surface area contributed by atoms with Crippen LogP contribution in [-0.2, 0) is 16.5 Å². The number of morpholine rings is 1. The van der Waals surface area contributed by atoms with E-state index in [0.29, 0.717) is 11.7 Å². The molecule has 4 heterocycles. The molecular weight excluding hydrogens is 333 g/mol. The monoisotopic (exact) mass is 350 g/mol. The quantitative estimate of drug-likeness (QED) is 0.890. The molecule has 2 aromatic rings. The van der Waals surface area contributed by atoms with Gasteiger partial charge in [0, 0.05) is 30.7 Å². The van der Waals surface area contributed by atoms with E-state index in [2.05, 4.69) is 20.6 Å². The highest BCUT2D eigenvalue weighted by atomic mass is 19.4. The molecule has 2 bridgehead atoms. The normalized spacial score (nSPS) is 25.8. The van der Waals surface area contributed by atoms with Gasteiger partial charge in [0.25, 0.3) is 0 Å². The molecule has 0 amide bonds. The van der Waals surface area contributed by atoms with Crippen LogP contribution in [0.5, 0.6) is 0 Å². The summed E-state index contributed by atoms with van der Waals surface area (Å²) < 4.78 is 43.6. The molecule has 3 aliphatic heterocycles. The molecule has 3 fully saturated rings. The van der Waals surface area contributed by atoms with E-state index in [4.69, 9.17) is 4.74 Å². The van der Waals surface area contributed by atoms with Gasteiger partial charge >= 0.3 is 6.18 Å². The van der Waals surface area contributed by atoms with Gasteiger partial charge in [-0.05, 0) is 30.5 Å². The Bertz CT molecular complexity index is 724. The highest BCUT2D eigenvalue weighted by molar-refractivity contribution is 5.54. The fourth-order valence-electron chi connectivity index (χ4n) is 3.29. The van der Waals surface area contributed by atoms with Gasteiger partial charge in [-0.25, -0.2) is 9.97 Å². The highest BCUT2D eigenvalue weighted by Crippen LogP contribution is 2.38. The number of halogens is 3. The first-order valence-corrected chi connectivity index (χ1v) is 8.09. The van der Waals surface area contributed by atoms with Crippen LogP contribution in [0, 0.1) is 0 Å². The van der Waals surface area contributed by atoms with E-state index in [1.807, 2.05) is 24.3 Å². The molecule has 25 heavy (non-hydrogen) atoms. The highest BCUT2D eigenvalue weighted by Gasteiger charge is 2.42. The standard InChI is InChI=1S/C17H17F3N4O/c18-17(19,20)12-7-21-15(22-8-12)24-13-3-1-11(2-4-13)16-6-5-14(9-25-16)23-10-16/h1-4,7-8,14,23H,5-6,9-10H2,(H,21,22,24). The van der Waals surface area contributed by atoms with E-state index in [9.17, 15) is 13.2 Å².